The molecular weight excluding hydrogens is 355 g/mol. The number of likely N-dealkylation sites (tertiary alicyclic amines) is 1. The number of nitrogens with zero attached hydrogens (tertiary/aromatic N) is 1. The van der Waals surface area contributed by atoms with Gasteiger partial charge < -0.3 is 15.0 Å². The molecule has 2 saturated heterocycles. The summed E-state index contributed by atoms with van der Waals surface area (Å²) in [4.78, 5) is 27.0. The Labute approximate surface area is 157 Å². The van der Waals surface area contributed by atoms with Crippen molar-refractivity contribution in [1.29, 1.82) is 0 Å². The fourth-order valence-corrected chi connectivity index (χ4v) is 4.64. The van der Waals surface area contributed by atoms with E-state index in [9.17, 15) is 14.0 Å². The van der Waals surface area contributed by atoms with Crippen molar-refractivity contribution in [3.05, 3.63) is 35.6 Å². The number of thioether (sulfide) groups is 1. The van der Waals surface area contributed by atoms with E-state index in [1.54, 1.807) is 23.1 Å². The summed E-state index contributed by atoms with van der Waals surface area (Å²) in [5.74, 6) is -0.0188. The monoisotopic (exact) mass is 380 g/mol. The average molecular weight is 380 g/mol. The van der Waals surface area contributed by atoms with Gasteiger partial charge in [0.25, 0.3) is 0 Å². The first-order chi connectivity index (χ1) is 12.6. The van der Waals surface area contributed by atoms with Crippen LogP contribution in [-0.4, -0.2) is 59.6 Å². The van der Waals surface area contributed by atoms with Crippen molar-refractivity contribution in [3.8, 4) is 0 Å². The van der Waals surface area contributed by atoms with E-state index in [0.717, 1.165) is 12.8 Å². The predicted molar refractivity (Wildman–Crippen MR) is 99.5 cm³/mol. The summed E-state index contributed by atoms with van der Waals surface area (Å²) in [6.45, 7) is 3.88. The Bertz CT molecular complexity index is 655. The van der Waals surface area contributed by atoms with Crippen molar-refractivity contribution in [2.24, 2.45) is 0 Å². The number of amides is 2. The Morgan fingerprint density at radius 1 is 1.42 bits per heavy atom. The highest BCUT2D eigenvalue weighted by molar-refractivity contribution is 8.00. The van der Waals surface area contributed by atoms with E-state index in [4.69, 9.17) is 4.74 Å². The minimum atomic E-state index is -0.509. The van der Waals surface area contributed by atoms with Crippen molar-refractivity contribution < 1.29 is 18.7 Å². The van der Waals surface area contributed by atoms with Gasteiger partial charge in [-0.25, -0.2) is 4.39 Å². The molecule has 142 valence electrons. The molecule has 7 heteroatoms. The normalized spacial score (nSPS) is 26.5. The lowest BCUT2D eigenvalue weighted by molar-refractivity contribution is -0.139. The topological polar surface area (TPSA) is 58.6 Å². The third kappa shape index (κ3) is 4.57. The molecule has 1 N–H and O–H groups in total. The maximum absolute atomic E-state index is 13.8. The molecule has 0 unspecified atom stereocenters. The molecule has 2 heterocycles. The number of halogens is 1. The number of hydrogen-bond acceptors (Lipinski definition) is 4. The molecule has 0 aliphatic carbocycles. The van der Waals surface area contributed by atoms with Gasteiger partial charge in [-0.1, -0.05) is 18.2 Å². The van der Waals surface area contributed by atoms with Crippen LogP contribution in [0.3, 0.4) is 0 Å². The van der Waals surface area contributed by atoms with Crippen LogP contribution in [0.25, 0.3) is 0 Å². The molecule has 0 spiro atoms. The van der Waals surface area contributed by atoms with Gasteiger partial charge in [-0.15, -0.1) is 11.8 Å². The second-order valence-electron chi connectivity index (χ2n) is 6.68. The highest BCUT2D eigenvalue weighted by atomic mass is 32.2. The Kier molecular flexibility index (Phi) is 6.53. The van der Waals surface area contributed by atoms with E-state index in [1.165, 1.54) is 17.8 Å². The Morgan fingerprint density at radius 2 is 2.23 bits per heavy atom. The smallest absolute Gasteiger partial charge is 0.246 e. The van der Waals surface area contributed by atoms with Crippen LogP contribution >= 0.6 is 11.8 Å². The maximum atomic E-state index is 13.8. The fourth-order valence-electron chi connectivity index (χ4n) is 3.47. The first kappa shape index (κ1) is 19.2. The summed E-state index contributed by atoms with van der Waals surface area (Å²) >= 11 is 1.43. The molecular formula is C19H25FN2O3S. The molecule has 1 aromatic rings. The number of benzene rings is 1. The van der Waals surface area contributed by atoms with Crippen molar-refractivity contribution in [2.75, 3.05) is 25.4 Å². The first-order valence-electron chi connectivity index (χ1n) is 9.14. The third-order valence-corrected chi connectivity index (χ3v) is 6.14. The van der Waals surface area contributed by atoms with Crippen molar-refractivity contribution in [3.63, 3.8) is 0 Å². The zero-order valence-electron chi connectivity index (χ0n) is 14.9. The van der Waals surface area contributed by atoms with Gasteiger partial charge in [0, 0.05) is 25.4 Å². The van der Waals surface area contributed by atoms with Gasteiger partial charge in [0.1, 0.15) is 11.9 Å². The lowest BCUT2D eigenvalue weighted by atomic mass is 10.1. The van der Waals surface area contributed by atoms with E-state index in [0.29, 0.717) is 37.4 Å². The summed E-state index contributed by atoms with van der Waals surface area (Å²) in [7, 11) is 0. The van der Waals surface area contributed by atoms with Gasteiger partial charge in [0.2, 0.25) is 11.8 Å². The van der Waals surface area contributed by atoms with Gasteiger partial charge in [-0.3, -0.25) is 9.59 Å². The van der Waals surface area contributed by atoms with Crippen LogP contribution in [0.5, 0.6) is 0 Å². The first-order valence-corrected chi connectivity index (χ1v) is 10.2. The molecule has 2 amide bonds. The standard InChI is InChI=1S/C19H25FN2O3S/c1-2-25-14-7-5-9-22(11-14)19(24)16-12-26-17(18(23)21-16)10-13-6-3-4-8-15(13)20/h3-4,6,8,14,16-17H,2,5,7,9-12H2,1H3,(H,21,23)/t14-,16-,17-/m1/s1. The lowest BCUT2D eigenvalue weighted by Gasteiger charge is -2.36. The van der Waals surface area contributed by atoms with Gasteiger partial charge in [0.15, 0.2) is 0 Å². The molecule has 0 aromatic heterocycles. The number of ether oxygens (including phenoxy) is 1. The van der Waals surface area contributed by atoms with Crippen molar-refractivity contribution in [2.45, 2.75) is 43.6 Å². The molecule has 0 radical (unpaired) electrons. The number of carbonyl (C=O) groups is 2. The summed E-state index contributed by atoms with van der Waals surface area (Å²) in [5, 5.41) is 2.47. The van der Waals surface area contributed by atoms with Gasteiger partial charge in [0.05, 0.1) is 11.4 Å². The summed E-state index contributed by atoms with van der Waals surface area (Å²) in [5.41, 5.74) is 0.528. The molecule has 0 saturated carbocycles. The van der Waals surface area contributed by atoms with Crippen LogP contribution in [0, 0.1) is 5.82 Å². The van der Waals surface area contributed by atoms with Crippen LogP contribution < -0.4 is 5.32 Å². The second-order valence-corrected chi connectivity index (χ2v) is 7.92. The Hall–Kier alpha value is -1.60. The minimum absolute atomic E-state index is 0.0420. The van der Waals surface area contributed by atoms with Gasteiger partial charge >= 0.3 is 0 Å². The molecule has 3 rings (SSSR count). The van der Waals surface area contributed by atoms with Crippen LogP contribution in [0.1, 0.15) is 25.3 Å². The third-order valence-electron chi connectivity index (χ3n) is 4.83. The average Bonchev–Trinajstić information content (AvgIpc) is 2.65. The molecule has 2 fully saturated rings. The van der Waals surface area contributed by atoms with E-state index in [1.807, 2.05) is 6.92 Å². The van der Waals surface area contributed by atoms with Crippen molar-refractivity contribution in [1.82, 2.24) is 10.2 Å². The van der Waals surface area contributed by atoms with E-state index < -0.39 is 6.04 Å². The maximum Gasteiger partial charge on any atom is 0.246 e. The van der Waals surface area contributed by atoms with Crippen LogP contribution in [0.4, 0.5) is 4.39 Å². The number of carbonyl (C=O) groups excluding carboxylic acids is 2. The van der Waals surface area contributed by atoms with E-state index >= 15 is 0 Å². The lowest BCUT2D eigenvalue weighted by Crippen LogP contribution is -2.57. The highest BCUT2D eigenvalue weighted by Crippen LogP contribution is 2.24. The Morgan fingerprint density at radius 3 is 2.96 bits per heavy atom. The van der Waals surface area contributed by atoms with Gasteiger partial charge in [-0.05, 0) is 37.8 Å². The summed E-state index contributed by atoms with van der Waals surface area (Å²) < 4.78 is 19.4. The molecule has 26 heavy (non-hydrogen) atoms. The van der Waals surface area contributed by atoms with E-state index in [-0.39, 0.29) is 29.0 Å². The highest BCUT2D eigenvalue weighted by Gasteiger charge is 2.36. The molecule has 0 bridgehead atoms. The zero-order valence-corrected chi connectivity index (χ0v) is 15.8. The SMILES string of the molecule is CCO[C@@H]1CCCN(C(=O)[C@H]2CS[C@H](Cc3ccccc3F)C(=O)N2)C1. The number of piperidine rings is 1. The largest absolute Gasteiger partial charge is 0.377 e. The molecule has 3 atom stereocenters. The number of nitrogens with one attached hydrogen (secondary N) is 1. The predicted octanol–water partition coefficient (Wildman–Crippen LogP) is 2.00. The summed E-state index contributed by atoms with van der Waals surface area (Å²) in [6.07, 6.45) is 2.30. The van der Waals surface area contributed by atoms with E-state index in [2.05, 4.69) is 5.32 Å². The zero-order chi connectivity index (χ0) is 18.5. The summed E-state index contributed by atoms with van der Waals surface area (Å²) in [6, 6.07) is 5.99. The van der Waals surface area contributed by atoms with Crippen molar-refractivity contribution >= 4 is 23.6 Å². The number of rotatable bonds is 5. The number of hydrogen-bond donors (Lipinski definition) is 1. The molecule has 2 aliphatic rings. The Balaban J connectivity index is 1.55. The molecule has 2 aliphatic heterocycles. The minimum Gasteiger partial charge on any atom is -0.377 e. The van der Waals surface area contributed by atoms with Crippen LogP contribution in [0.15, 0.2) is 24.3 Å². The van der Waals surface area contributed by atoms with Crippen LogP contribution in [-0.2, 0) is 20.7 Å². The van der Waals surface area contributed by atoms with Gasteiger partial charge in [-0.2, -0.15) is 0 Å². The quantitative estimate of drug-likeness (QED) is 0.849. The fraction of sp³-hybridized carbons (Fsp3) is 0.579. The second kappa shape index (κ2) is 8.86. The van der Waals surface area contributed by atoms with Crippen LogP contribution in [0.2, 0.25) is 0 Å². The molecule has 1 aromatic carbocycles. The molecule has 5 nitrogen and oxygen atoms in total.